The normalized spacial score (nSPS) is 16.4. The van der Waals surface area contributed by atoms with Crippen LogP contribution in [0.15, 0.2) is 0 Å². The molecule has 0 aliphatic heterocycles. The van der Waals surface area contributed by atoms with Crippen molar-refractivity contribution in [1.82, 2.24) is 0 Å². The summed E-state index contributed by atoms with van der Waals surface area (Å²) in [6.07, 6.45) is 2.30. The molecule has 3 heteroatoms. The third-order valence-electron chi connectivity index (χ3n) is 1.89. The first kappa shape index (κ1) is 10.9. The van der Waals surface area contributed by atoms with E-state index in [1.54, 1.807) is 0 Å². The molecule has 0 radical (unpaired) electrons. The molecule has 0 amide bonds. The molecule has 5 N–H and O–H groups in total. The highest BCUT2D eigenvalue weighted by atomic mass is 16.3. The van der Waals surface area contributed by atoms with Gasteiger partial charge >= 0.3 is 0 Å². The molecule has 0 bridgehead atoms. The highest BCUT2D eigenvalue weighted by Gasteiger charge is 2.05. The Morgan fingerprint density at radius 3 is 2.27 bits per heavy atom. The minimum Gasteiger partial charge on any atom is -0.393 e. The van der Waals surface area contributed by atoms with E-state index in [9.17, 15) is 5.11 Å². The van der Waals surface area contributed by atoms with Crippen LogP contribution >= 0.6 is 0 Å². The second-order valence-corrected chi connectivity index (χ2v) is 3.15. The van der Waals surface area contributed by atoms with E-state index in [0.717, 1.165) is 12.8 Å². The molecule has 0 heterocycles. The Labute approximate surface area is 68.8 Å². The smallest absolute Gasteiger partial charge is 0.0552 e. The summed E-state index contributed by atoms with van der Waals surface area (Å²) in [4.78, 5) is 0. The van der Waals surface area contributed by atoms with Crippen molar-refractivity contribution in [3.05, 3.63) is 0 Å². The van der Waals surface area contributed by atoms with Crippen LogP contribution in [0.25, 0.3) is 0 Å². The first-order chi connectivity index (χ1) is 5.20. The quantitative estimate of drug-likeness (QED) is 0.515. The van der Waals surface area contributed by atoms with Crippen LogP contribution in [-0.4, -0.2) is 24.3 Å². The van der Waals surface area contributed by atoms with E-state index in [1.807, 2.05) is 0 Å². The molecule has 0 aromatic heterocycles. The summed E-state index contributed by atoms with van der Waals surface area (Å²) in [5, 5.41) is 9.27. The highest BCUT2D eigenvalue weighted by molar-refractivity contribution is 4.60. The lowest BCUT2D eigenvalue weighted by molar-refractivity contribution is 0.149. The van der Waals surface area contributed by atoms with E-state index in [-0.39, 0.29) is 6.10 Å². The Morgan fingerprint density at radius 2 is 1.82 bits per heavy atom. The topological polar surface area (TPSA) is 72.3 Å². The van der Waals surface area contributed by atoms with E-state index in [1.165, 1.54) is 0 Å². The van der Waals surface area contributed by atoms with Gasteiger partial charge in [0, 0.05) is 0 Å². The maximum absolute atomic E-state index is 9.27. The van der Waals surface area contributed by atoms with E-state index < -0.39 is 0 Å². The van der Waals surface area contributed by atoms with Gasteiger partial charge in [-0.05, 0) is 38.3 Å². The van der Waals surface area contributed by atoms with Crippen molar-refractivity contribution in [1.29, 1.82) is 0 Å². The van der Waals surface area contributed by atoms with Crippen LogP contribution in [0.2, 0.25) is 0 Å². The molecule has 2 unspecified atom stereocenters. The van der Waals surface area contributed by atoms with Gasteiger partial charge in [-0.25, -0.2) is 0 Å². The lowest BCUT2D eigenvalue weighted by Crippen LogP contribution is -2.17. The summed E-state index contributed by atoms with van der Waals surface area (Å²) < 4.78 is 0. The van der Waals surface area contributed by atoms with Gasteiger partial charge in [-0.1, -0.05) is 6.92 Å². The molecule has 68 valence electrons. The third kappa shape index (κ3) is 6.28. The van der Waals surface area contributed by atoms with Crippen molar-refractivity contribution in [2.75, 3.05) is 13.1 Å². The molecule has 2 atom stereocenters. The third-order valence-corrected chi connectivity index (χ3v) is 1.89. The number of rotatable bonds is 6. The second kappa shape index (κ2) is 6.58. The van der Waals surface area contributed by atoms with Gasteiger partial charge in [-0.3, -0.25) is 0 Å². The lowest BCUT2D eigenvalue weighted by atomic mass is 10.0. The van der Waals surface area contributed by atoms with Gasteiger partial charge in [0.05, 0.1) is 6.10 Å². The predicted octanol–water partition coefficient (Wildman–Crippen LogP) is 0.0711. The maximum Gasteiger partial charge on any atom is 0.0552 e. The van der Waals surface area contributed by atoms with Crippen molar-refractivity contribution in [2.24, 2.45) is 17.4 Å². The fourth-order valence-electron chi connectivity index (χ4n) is 0.931. The Kier molecular flexibility index (Phi) is 6.51. The van der Waals surface area contributed by atoms with Gasteiger partial charge in [0.25, 0.3) is 0 Å². The van der Waals surface area contributed by atoms with Crippen LogP contribution < -0.4 is 11.5 Å². The van der Waals surface area contributed by atoms with Crippen LogP contribution in [0.4, 0.5) is 0 Å². The summed E-state index contributed by atoms with van der Waals surface area (Å²) >= 11 is 0. The second-order valence-electron chi connectivity index (χ2n) is 3.15. The molecule has 3 nitrogen and oxygen atoms in total. The van der Waals surface area contributed by atoms with Crippen molar-refractivity contribution in [3.63, 3.8) is 0 Å². The van der Waals surface area contributed by atoms with Crippen molar-refractivity contribution < 1.29 is 5.11 Å². The fourth-order valence-corrected chi connectivity index (χ4v) is 0.931. The Balaban J connectivity index is 3.22. The number of hydrogen-bond acceptors (Lipinski definition) is 3. The number of nitrogens with two attached hydrogens (primary N) is 2. The first-order valence-corrected chi connectivity index (χ1v) is 4.29. The minimum absolute atomic E-state index is 0.228. The Bertz CT molecular complexity index is 88.2. The van der Waals surface area contributed by atoms with E-state index in [0.29, 0.717) is 25.4 Å². The zero-order valence-electron chi connectivity index (χ0n) is 7.29. The largest absolute Gasteiger partial charge is 0.393 e. The standard InChI is InChI=1S/C8H20N2O/c1-7(6-10)2-3-8(11)4-5-9/h7-8,11H,2-6,9-10H2,1H3. The first-order valence-electron chi connectivity index (χ1n) is 4.29. The van der Waals surface area contributed by atoms with Crippen LogP contribution in [0.3, 0.4) is 0 Å². The number of hydrogen-bond donors (Lipinski definition) is 3. The van der Waals surface area contributed by atoms with Gasteiger partial charge in [0.15, 0.2) is 0 Å². The summed E-state index contributed by atoms with van der Waals surface area (Å²) in [6, 6.07) is 0. The minimum atomic E-state index is -0.228. The molecule has 0 aromatic carbocycles. The SMILES string of the molecule is CC(CN)CCC(O)CCN. The molecule has 0 fully saturated rings. The monoisotopic (exact) mass is 160 g/mol. The van der Waals surface area contributed by atoms with Crippen LogP contribution in [0.5, 0.6) is 0 Å². The molecule has 0 aliphatic rings. The summed E-state index contributed by atoms with van der Waals surface area (Å²) in [5.41, 5.74) is 10.7. The van der Waals surface area contributed by atoms with Crippen molar-refractivity contribution >= 4 is 0 Å². The zero-order chi connectivity index (χ0) is 8.69. The van der Waals surface area contributed by atoms with Gasteiger partial charge in [0.1, 0.15) is 0 Å². The summed E-state index contributed by atoms with van der Waals surface area (Å²) in [5.74, 6) is 0.516. The van der Waals surface area contributed by atoms with E-state index in [4.69, 9.17) is 11.5 Å². The van der Waals surface area contributed by atoms with Crippen LogP contribution in [0, 0.1) is 5.92 Å². The Morgan fingerprint density at radius 1 is 1.18 bits per heavy atom. The molecule has 0 saturated carbocycles. The highest BCUT2D eigenvalue weighted by Crippen LogP contribution is 2.07. The lowest BCUT2D eigenvalue weighted by Gasteiger charge is -2.11. The van der Waals surface area contributed by atoms with E-state index in [2.05, 4.69) is 6.92 Å². The summed E-state index contributed by atoms with van der Waals surface area (Å²) in [7, 11) is 0. The van der Waals surface area contributed by atoms with Crippen LogP contribution in [0.1, 0.15) is 26.2 Å². The van der Waals surface area contributed by atoms with Crippen molar-refractivity contribution in [2.45, 2.75) is 32.3 Å². The maximum atomic E-state index is 9.27. The molecule has 11 heavy (non-hydrogen) atoms. The van der Waals surface area contributed by atoms with Gasteiger partial charge in [0.2, 0.25) is 0 Å². The zero-order valence-corrected chi connectivity index (χ0v) is 7.29. The number of aliphatic hydroxyl groups is 1. The average Bonchev–Trinajstić information content (AvgIpc) is 2.01. The van der Waals surface area contributed by atoms with Crippen LogP contribution in [-0.2, 0) is 0 Å². The molecular formula is C8H20N2O. The predicted molar refractivity (Wildman–Crippen MR) is 47.1 cm³/mol. The van der Waals surface area contributed by atoms with E-state index >= 15 is 0 Å². The van der Waals surface area contributed by atoms with Crippen molar-refractivity contribution in [3.8, 4) is 0 Å². The Hall–Kier alpha value is -0.120. The number of aliphatic hydroxyl groups excluding tert-OH is 1. The molecule has 0 rings (SSSR count). The molecular weight excluding hydrogens is 140 g/mol. The summed E-state index contributed by atoms with van der Waals surface area (Å²) in [6.45, 7) is 3.36. The molecule has 0 saturated heterocycles. The van der Waals surface area contributed by atoms with Gasteiger partial charge in [-0.2, -0.15) is 0 Å². The molecule has 0 aliphatic carbocycles. The average molecular weight is 160 g/mol. The van der Waals surface area contributed by atoms with Gasteiger partial charge < -0.3 is 16.6 Å². The van der Waals surface area contributed by atoms with Gasteiger partial charge in [-0.15, -0.1) is 0 Å². The fraction of sp³-hybridized carbons (Fsp3) is 1.00. The molecule has 0 aromatic rings. The molecule has 0 spiro atoms.